The highest BCUT2D eigenvalue weighted by Gasteiger charge is 2.20. The molecule has 0 amide bonds. The van der Waals surface area contributed by atoms with Gasteiger partial charge in [-0.15, -0.1) is 5.10 Å². The van der Waals surface area contributed by atoms with Crippen molar-refractivity contribution >= 4 is 10.9 Å². The molecule has 0 atom stereocenters. The number of pyridine rings is 1. The van der Waals surface area contributed by atoms with E-state index in [1.807, 2.05) is 56.3 Å². The lowest BCUT2D eigenvalue weighted by atomic mass is 10.1. The second-order valence-corrected chi connectivity index (χ2v) is 7.75. The van der Waals surface area contributed by atoms with Gasteiger partial charge in [-0.3, -0.25) is 4.98 Å². The number of para-hydroxylation sites is 1. The van der Waals surface area contributed by atoms with Gasteiger partial charge >= 0.3 is 0 Å². The van der Waals surface area contributed by atoms with Crippen LogP contribution < -0.4 is 0 Å². The zero-order valence-corrected chi connectivity index (χ0v) is 17.8. The molecule has 0 saturated heterocycles. The van der Waals surface area contributed by atoms with Crippen LogP contribution in [-0.4, -0.2) is 49.1 Å². The molecule has 0 N–H and O–H groups in total. The van der Waals surface area contributed by atoms with Crippen LogP contribution in [-0.2, 0) is 6.54 Å². The zero-order chi connectivity index (χ0) is 22.2. The van der Waals surface area contributed by atoms with E-state index in [-0.39, 0.29) is 11.7 Å². The smallest absolute Gasteiger partial charge is 0.280 e. The summed E-state index contributed by atoms with van der Waals surface area (Å²) < 4.78 is 21.3. The number of hydrogen-bond acceptors (Lipinski definition) is 7. The molecule has 0 spiro atoms. The highest BCUT2D eigenvalue weighted by Crippen LogP contribution is 2.27. The number of nitrogens with zero attached hydrogens (tertiary/aromatic N) is 7. The first kappa shape index (κ1) is 20.0. The summed E-state index contributed by atoms with van der Waals surface area (Å²) in [4.78, 5) is 10.9. The molecule has 0 fully saturated rings. The topological polar surface area (TPSA) is 85.8 Å². The Morgan fingerprint density at radius 3 is 2.78 bits per heavy atom. The van der Waals surface area contributed by atoms with Crippen LogP contribution in [0, 0.1) is 12.7 Å². The van der Waals surface area contributed by atoms with Crippen molar-refractivity contribution in [3.8, 4) is 28.7 Å². The Bertz CT molecular complexity index is 1420. The van der Waals surface area contributed by atoms with E-state index in [1.165, 1.54) is 6.07 Å². The van der Waals surface area contributed by atoms with Gasteiger partial charge in [0.2, 0.25) is 5.82 Å². The average Bonchev–Trinajstić information content (AvgIpc) is 3.41. The van der Waals surface area contributed by atoms with Crippen molar-refractivity contribution in [2.45, 2.75) is 13.5 Å². The highest BCUT2D eigenvalue weighted by atomic mass is 19.1. The van der Waals surface area contributed by atoms with Gasteiger partial charge < -0.3 is 9.42 Å². The van der Waals surface area contributed by atoms with Crippen LogP contribution in [0.5, 0.6) is 0 Å². The molecule has 3 aromatic heterocycles. The molecule has 32 heavy (non-hydrogen) atoms. The van der Waals surface area contributed by atoms with Gasteiger partial charge in [0.15, 0.2) is 5.69 Å². The highest BCUT2D eigenvalue weighted by molar-refractivity contribution is 5.86. The predicted molar refractivity (Wildman–Crippen MR) is 117 cm³/mol. The van der Waals surface area contributed by atoms with Crippen LogP contribution >= 0.6 is 0 Å². The van der Waals surface area contributed by atoms with Crippen LogP contribution in [0.3, 0.4) is 0 Å². The first-order valence-electron chi connectivity index (χ1n) is 10.1. The fourth-order valence-corrected chi connectivity index (χ4v) is 3.63. The van der Waals surface area contributed by atoms with Crippen LogP contribution in [0.25, 0.3) is 39.6 Å². The van der Waals surface area contributed by atoms with E-state index < -0.39 is 0 Å². The first-order chi connectivity index (χ1) is 15.5. The lowest BCUT2D eigenvalue weighted by Crippen LogP contribution is -2.12. The number of halogens is 1. The van der Waals surface area contributed by atoms with E-state index in [2.05, 4.69) is 25.4 Å². The summed E-state index contributed by atoms with van der Waals surface area (Å²) in [6.07, 6.45) is 1.75. The summed E-state index contributed by atoms with van der Waals surface area (Å²) in [5.74, 6) is 0.338. The molecule has 8 nitrogen and oxygen atoms in total. The number of benzene rings is 2. The summed E-state index contributed by atoms with van der Waals surface area (Å²) in [6.45, 7) is 2.35. The molecule has 0 radical (unpaired) electrons. The van der Waals surface area contributed by atoms with Gasteiger partial charge in [-0.1, -0.05) is 28.6 Å². The van der Waals surface area contributed by atoms with Gasteiger partial charge in [0.1, 0.15) is 5.82 Å². The van der Waals surface area contributed by atoms with Gasteiger partial charge in [0.25, 0.3) is 5.89 Å². The minimum Gasteiger partial charge on any atom is -0.332 e. The van der Waals surface area contributed by atoms with Crippen molar-refractivity contribution in [3.63, 3.8) is 0 Å². The molecule has 3 heterocycles. The number of fused-ring (bicyclic) bond motifs is 1. The minimum atomic E-state index is -0.270. The van der Waals surface area contributed by atoms with Gasteiger partial charge in [0.05, 0.1) is 16.9 Å². The molecule has 0 aliphatic carbocycles. The third kappa shape index (κ3) is 3.52. The Balaban J connectivity index is 1.52. The molecule has 0 bridgehead atoms. The van der Waals surface area contributed by atoms with E-state index in [9.17, 15) is 4.39 Å². The molecule has 9 heteroatoms. The normalized spacial score (nSPS) is 11.5. The van der Waals surface area contributed by atoms with E-state index in [0.717, 1.165) is 22.3 Å². The Kier molecular flexibility index (Phi) is 4.95. The standard InChI is InChI=1S/C23H20FN7O/c1-14-20(27-29-31(14)19-8-4-6-15-7-5-11-25-21(15)19)23-26-22(28-32-23)16-9-10-18(24)17(12-16)13-30(2)3/h4-12H,13H2,1-3H3. The summed E-state index contributed by atoms with van der Waals surface area (Å²) >= 11 is 0. The maximum absolute atomic E-state index is 14.1. The van der Waals surface area contributed by atoms with Crippen LogP contribution in [0.1, 0.15) is 11.3 Å². The van der Waals surface area contributed by atoms with Crippen molar-refractivity contribution < 1.29 is 8.91 Å². The third-order valence-electron chi connectivity index (χ3n) is 5.15. The van der Waals surface area contributed by atoms with Crippen molar-refractivity contribution in [2.75, 3.05) is 14.1 Å². The maximum Gasteiger partial charge on any atom is 0.280 e. The molecule has 5 rings (SSSR count). The van der Waals surface area contributed by atoms with Crippen LogP contribution in [0.2, 0.25) is 0 Å². The summed E-state index contributed by atoms with van der Waals surface area (Å²) in [5.41, 5.74) is 4.08. The molecule has 5 aromatic rings. The Labute approximate surface area is 183 Å². The number of aromatic nitrogens is 6. The summed E-state index contributed by atoms with van der Waals surface area (Å²) in [5, 5.41) is 13.6. The monoisotopic (exact) mass is 429 g/mol. The Morgan fingerprint density at radius 1 is 1.09 bits per heavy atom. The lowest BCUT2D eigenvalue weighted by Gasteiger charge is -2.11. The minimum absolute atomic E-state index is 0.246. The largest absolute Gasteiger partial charge is 0.332 e. The first-order valence-corrected chi connectivity index (χ1v) is 10.1. The van der Waals surface area contributed by atoms with Gasteiger partial charge in [-0.25, -0.2) is 9.07 Å². The Hall–Kier alpha value is -3.98. The van der Waals surface area contributed by atoms with Crippen molar-refractivity contribution in [1.82, 2.24) is 35.0 Å². The molecule has 0 unspecified atom stereocenters. The second kappa shape index (κ2) is 7.93. The predicted octanol–water partition coefficient (Wildman–Crippen LogP) is 4.04. The summed E-state index contributed by atoms with van der Waals surface area (Å²) in [6, 6.07) is 14.6. The quantitative estimate of drug-likeness (QED) is 0.417. The van der Waals surface area contributed by atoms with Crippen molar-refractivity contribution in [1.29, 1.82) is 0 Å². The molecule has 160 valence electrons. The van der Waals surface area contributed by atoms with Gasteiger partial charge in [-0.2, -0.15) is 4.98 Å². The summed E-state index contributed by atoms with van der Waals surface area (Å²) in [7, 11) is 3.77. The van der Waals surface area contributed by atoms with Crippen LogP contribution in [0.15, 0.2) is 59.3 Å². The van der Waals surface area contributed by atoms with E-state index >= 15 is 0 Å². The maximum atomic E-state index is 14.1. The molecule has 2 aromatic carbocycles. The van der Waals surface area contributed by atoms with Gasteiger partial charge in [-0.05, 0) is 51.4 Å². The molecular weight excluding hydrogens is 409 g/mol. The number of hydrogen-bond donors (Lipinski definition) is 0. The fraction of sp³-hybridized carbons (Fsp3) is 0.174. The van der Waals surface area contributed by atoms with E-state index in [0.29, 0.717) is 29.2 Å². The fourth-order valence-electron chi connectivity index (χ4n) is 3.63. The second-order valence-electron chi connectivity index (χ2n) is 7.75. The molecule has 0 aliphatic heterocycles. The van der Waals surface area contributed by atoms with E-state index in [1.54, 1.807) is 23.0 Å². The number of rotatable bonds is 5. The third-order valence-corrected chi connectivity index (χ3v) is 5.15. The zero-order valence-electron chi connectivity index (χ0n) is 17.8. The van der Waals surface area contributed by atoms with Crippen molar-refractivity contribution in [3.05, 3.63) is 71.8 Å². The molecule has 0 saturated carbocycles. The molecule has 0 aliphatic rings. The van der Waals surface area contributed by atoms with Gasteiger partial charge in [0, 0.05) is 29.3 Å². The lowest BCUT2D eigenvalue weighted by molar-refractivity contribution is 0.392. The molecular formula is C23H20FN7O. The average molecular weight is 429 g/mol. The Morgan fingerprint density at radius 2 is 1.94 bits per heavy atom. The SMILES string of the molecule is Cc1c(-c2nc(-c3ccc(F)c(CN(C)C)c3)no2)nnn1-c1cccc2cccnc12. The van der Waals surface area contributed by atoms with Crippen molar-refractivity contribution in [2.24, 2.45) is 0 Å². The van der Waals surface area contributed by atoms with Crippen LogP contribution in [0.4, 0.5) is 4.39 Å². The van der Waals surface area contributed by atoms with E-state index in [4.69, 9.17) is 4.52 Å².